The summed E-state index contributed by atoms with van der Waals surface area (Å²) >= 11 is 1.66. The molecule has 98 valence electrons. The van der Waals surface area contributed by atoms with Gasteiger partial charge in [0.1, 0.15) is 0 Å². The Kier molecular flexibility index (Phi) is 3.25. The van der Waals surface area contributed by atoms with E-state index in [9.17, 15) is 4.79 Å². The molecule has 1 N–H and O–H groups in total. The first kappa shape index (κ1) is 12.2. The highest BCUT2D eigenvalue weighted by Gasteiger charge is 2.30. The normalized spacial score (nSPS) is 17.3. The number of anilines is 1. The zero-order valence-electron chi connectivity index (χ0n) is 10.8. The molecular formula is C15H16N2OS. The van der Waals surface area contributed by atoms with Crippen molar-refractivity contribution in [2.75, 3.05) is 4.90 Å². The molecule has 0 fully saturated rings. The molecule has 3 nitrogen and oxygen atoms in total. The Balaban J connectivity index is 1.73. The molecule has 2 aromatic rings. The van der Waals surface area contributed by atoms with E-state index in [1.54, 1.807) is 11.3 Å². The molecule has 4 heteroatoms. The van der Waals surface area contributed by atoms with Crippen LogP contribution in [0.25, 0.3) is 0 Å². The van der Waals surface area contributed by atoms with Crippen molar-refractivity contribution >= 4 is 23.1 Å². The second-order valence-corrected chi connectivity index (χ2v) is 5.82. The van der Waals surface area contributed by atoms with E-state index in [1.165, 1.54) is 10.4 Å². The fourth-order valence-corrected chi connectivity index (χ4v) is 3.18. The second kappa shape index (κ2) is 5.05. The van der Waals surface area contributed by atoms with Crippen LogP contribution in [-0.4, -0.2) is 12.1 Å². The van der Waals surface area contributed by atoms with Crippen molar-refractivity contribution in [1.82, 2.24) is 5.32 Å². The summed E-state index contributed by atoms with van der Waals surface area (Å²) < 4.78 is 0. The van der Waals surface area contributed by atoms with Crippen molar-refractivity contribution in [2.45, 2.75) is 25.9 Å². The highest BCUT2D eigenvalue weighted by Crippen LogP contribution is 2.31. The summed E-state index contributed by atoms with van der Waals surface area (Å²) in [6.45, 7) is 2.69. The average molecular weight is 272 g/mol. The van der Waals surface area contributed by atoms with E-state index in [0.717, 1.165) is 12.1 Å². The topological polar surface area (TPSA) is 32.3 Å². The molecular weight excluding hydrogens is 256 g/mol. The molecule has 0 spiro atoms. The number of para-hydroxylation sites is 1. The highest BCUT2D eigenvalue weighted by atomic mass is 32.1. The van der Waals surface area contributed by atoms with Gasteiger partial charge in [-0.25, -0.2) is 4.79 Å². The highest BCUT2D eigenvalue weighted by molar-refractivity contribution is 7.09. The molecule has 1 aliphatic rings. The summed E-state index contributed by atoms with van der Waals surface area (Å²) in [4.78, 5) is 15.4. The average Bonchev–Trinajstić information content (AvgIpc) is 3.02. The fourth-order valence-electron chi connectivity index (χ4n) is 2.54. The molecule has 0 saturated carbocycles. The molecule has 2 heterocycles. The van der Waals surface area contributed by atoms with Crippen molar-refractivity contribution in [3.63, 3.8) is 0 Å². The molecule has 1 aromatic carbocycles. The van der Waals surface area contributed by atoms with E-state index in [1.807, 2.05) is 40.6 Å². The van der Waals surface area contributed by atoms with Crippen LogP contribution in [0.15, 0.2) is 41.8 Å². The summed E-state index contributed by atoms with van der Waals surface area (Å²) in [5.74, 6) is 0. The molecule has 1 unspecified atom stereocenters. The van der Waals surface area contributed by atoms with Gasteiger partial charge in [0.05, 0.1) is 6.54 Å². The van der Waals surface area contributed by atoms with Crippen molar-refractivity contribution in [2.24, 2.45) is 0 Å². The van der Waals surface area contributed by atoms with Gasteiger partial charge in [-0.15, -0.1) is 11.3 Å². The monoisotopic (exact) mass is 272 g/mol. The number of hydrogen-bond acceptors (Lipinski definition) is 2. The van der Waals surface area contributed by atoms with Crippen molar-refractivity contribution in [3.8, 4) is 0 Å². The predicted molar refractivity (Wildman–Crippen MR) is 78.6 cm³/mol. The minimum absolute atomic E-state index is 0.00847. The molecule has 1 aromatic heterocycles. The van der Waals surface area contributed by atoms with Crippen LogP contribution in [0.4, 0.5) is 10.5 Å². The van der Waals surface area contributed by atoms with Gasteiger partial charge < -0.3 is 5.32 Å². The number of rotatable bonds is 2. The van der Waals surface area contributed by atoms with Crippen LogP contribution in [0.2, 0.25) is 0 Å². The van der Waals surface area contributed by atoms with E-state index >= 15 is 0 Å². The number of hydrogen-bond donors (Lipinski definition) is 1. The third kappa shape index (κ3) is 2.36. The van der Waals surface area contributed by atoms with Gasteiger partial charge in [0.2, 0.25) is 0 Å². The SMILES string of the molecule is CC1Cc2ccccc2N1C(=O)NCc1cccs1. The number of benzene rings is 1. The molecule has 2 amide bonds. The smallest absolute Gasteiger partial charge is 0.322 e. The van der Waals surface area contributed by atoms with E-state index in [-0.39, 0.29) is 12.1 Å². The Labute approximate surface area is 116 Å². The predicted octanol–water partition coefficient (Wildman–Crippen LogP) is 3.41. The third-order valence-electron chi connectivity index (χ3n) is 3.42. The molecule has 3 rings (SSSR count). The molecule has 19 heavy (non-hydrogen) atoms. The number of carbonyl (C=O) groups excluding carboxylic acids is 1. The van der Waals surface area contributed by atoms with Crippen LogP contribution in [0.5, 0.6) is 0 Å². The summed E-state index contributed by atoms with van der Waals surface area (Å²) in [6.07, 6.45) is 0.933. The van der Waals surface area contributed by atoms with Crippen LogP contribution >= 0.6 is 11.3 Å². The second-order valence-electron chi connectivity index (χ2n) is 4.79. The number of thiophene rings is 1. The Bertz CT molecular complexity index is 580. The van der Waals surface area contributed by atoms with Gasteiger partial charge in [0, 0.05) is 16.6 Å². The molecule has 0 saturated heterocycles. The first-order valence-electron chi connectivity index (χ1n) is 6.43. The molecule has 0 bridgehead atoms. The van der Waals surface area contributed by atoms with Crippen LogP contribution in [0.3, 0.4) is 0 Å². The van der Waals surface area contributed by atoms with Gasteiger partial charge >= 0.3 is 6.03 Å². The summed E-state index contributed by atoms with van der Waals surface area (Å²) in [5, 5.41) is 5.02. The summed E-state index contributed by atoms with van der Waals surface area (Å²) in [7, 11) is 0. The number of amides is 2. The molecule has 1 atom stereocenters. The zero-order valence-corrected chi connectivity index (χ0v) is 11.6. The lowest BCUT2D eigenvalue weighted by Crippen LogP contribution is -2.42. The minimum atomic E-state index is -0.00847. The van der Waals surface area contributed by atoms with Gasteiger partial charge in [0.15, 0.2) is 0 Å². The Morgan fingerprint density at radius 2 is 2.21 bits per heavy atom. The number of nitrogens with one attached hydrogen (secondary N) is 1. The van der Waals surface area contributed by atoms with E-state index < -0.39 is 0 Å². The summed E-state index contributed by atoms with van der Waals surface area (Å²) in [5.41, 5.74) is 2.29. The van der Waals surface area contributed by atoms with Crippen LogP contribution in [0, 0.1) is 0 Å². The quantitative estimate of drug-likeness (QED) is 0.892. The maximum atomic E-state index is 12.3. The lowest BCUT2D eigenvalue weighted by Gasteiger charge is -2.22. The maximum Gasteiger partial charge on any atom is 0.322 e. The number of urea groups is 1. The van der Waals surface area contributed by atoms with Crippen LogP contribution < -0.4 is 10.2 Å². The van der Waals surface area contributed by atoms with Gasteiger partial charge in [-0.1, -0.05) is 24.3 Å². The lowest BCUT2D eigenvalue weighted by atomic mass is 10.1. The Morgan fingerprint density at radius 3 is 3.00 bits per heavy atom. The minimum Gasteiger partial charge on any atom is -0.333 e. The Morgan fingerprint density at radius 1 is 1.37 bits per heavy atom. The van der Waals surface area contributed by atoms with Gasteiger partial charge in [-0.05, 0) is 36.4 Å². The van der Waals surface area contributed by atoms with Gasteiger partial charge in [-0.3, -0.25) is 4.90 Å². The Hall–Kier alpha value is -1.81. The van der Waals surface area contributed by atoms with Crippen molar-refractivity contribution < 1.29 is 4.79 Å². The lowest BCUT2D eigenvalue weighted by molar-refractivity contribution is 0.245. The van der Waals surface area contributed by atoms with Crippen LogP contribution in [0.1, 0.15) is 17.4 Å². The van der Waals surface area contributed by atoms with E-state index in [2.05, 4.69) is 18.3 Å². The standard InChI is InChI=1S/C15H16N2OS/c1-11-9-12-5-2-3-7-14(12)17(11)15(18)16-10-13-6-4-8-19-13/h2-8,11H,9-10H2,1H3,(H,16,18). The van der Waals surface area contributed by atoms with Crippen LogP contribution in [-0.2, 0) is 13.0 Å². The van der Waals surface area contributed by atoms with Crippen molar-refractivity contribution in [3.05, 3.63) is 52.2 Å². The largest absolute Gasteiger partial charge is 0.333 e. The maximum absolute atomic E-state index is 12.3. The van der Waals surface area contributed by atoms with E-state index in [4.69, 9.17) is 0 Å². The van der Waals surface area contributed by atoms with Gasteiger partial charge in [-0.2, -0.15) is 0 Å². The molecule has 1 aliphatic heterocycles. The molecule has 0 radical (unpaired) electrons. The number of fused-ring (bicyclic) bond motifs is 1. The van der Waals surface area contributed by atoms with Crippen molar-refractivity contribution in [1.29, 1.82) is 0 Å². The first-order valence-corrected chi connectivity index (χ1v) is 7.31. The third-order valence-corrected chi connectivity index (χ3v) is 4.30. The number of nitrogens with zero attached hydrogens (tertiary/aromatic N) is 1. The zero-order chi connectivity index (χ0) is 13.2. The first-order chi connectivity index (χ1) is 9.25. The number of carbonyl (C=O) groups is 1. The van der Waals surface area contributed by atoms with E-state index in [0.29, 0.717) is 6.54 Å². The summed E-state index contributed by atoms with van der Waals surface area (Å²) in [6, 6.07) is 12.4. The molecule has 0 aliphatic carbocycles. The van der Waals surface area contributed by atoms with Gasteiger partial charge in [0.25, 0.3) is 0 Å². The fraction of sp³-hybridized carbons (Fsp3) is 0.267.